The average molecular weight is 148 g/mol. The zero-order valence-corrected chi connectivity index (χ0v) is 6.45. The Labute approximate surface area is 58.3 Å². The van der Waals surface area contributed by atoms with Crippen LogP contribution in [0, 0.1) is 0 Å². The Kier molecular flexibility index (Phi) is 2.66. The van der Waals surface area contributed by atoms with E-state index in [-0.39, 0.29) is 0 Å². The van der Waals surface area contributed by atoms with E-state index in [1.807, 2.05) is 0 Å². The first-order chi connectivity index (χ1) is 4.34. The highest BCUT2D eigenvalue weighted by Crippen LogP contribution is 2.17. The summed E-state index contributed by atoms with van der Waals surface area (Å²) in [5.41, 5.74) is 0. The van der Waals surface area contributed by atoms with Gasteiger partial charge in [-0.05, 0) is 12.8 Å². The van der Waals surface area contributed by atoms with Gasteiger partial charge in [-0.1, -0.05) is 13.3 Å². The summed E-state index contributed by atoms with van der Waals surface area (Å²) >= 11 is -0.961. The van der Waals surface area contributed by atoms with Gasteiger partial charge in [0.25, 0.3) is 0 Å². The second-order valence-electron chi connectivity index (χ2n) is 2.28. The van der Waals surface area contributed by atoms with Crippen molar-refractivity contribution in [3.05, 3.63) is 0 Å². The van der Waals surface area contributed by atoms with Crippen molar-refractivity contribution in [1.29, 1.82) is 0 Å². The van der Waals surface area contributed by atoms with Gasteiger partial charge in [0.1, 0.15) is 0 Å². The minimum absolute atomic E-state index is 0.329. The van der Waals surface area contributed by atoms with Gasteiger partial charge in [-0.2, -0.15) is 0 Å². The zero-order chi connectivity index (χ0) is 6.69. The van der Waals surface area contributed by atoms with Crippen LogP contribution in [0.3, 0.4) is 0 Å². The molecule has 54 valence electrons. The van der Waals surface area contributed by atoms with Gasteiger partial charge in [-0.15, -0.1) is 0 Å². The SMILES string of the molecule is CCC[C@H]1CCO[S@@]1=O. The second kappa shape index (κ2) is 3.32. The van der Waals surface area contributed by atoms with E-state index in [0.29, 0.717) is 11.9 Å². The Bertz CT molecular complexity index is 114. The fourth-order valence-corrected chi connectivity index (χ4v) is 2.19. The Morgan fingerprint density at radius 3 is 3.00 bits per heavy atom. The Morgan fingerprint density at radius 2 is 2.56 bits per heavy atom. The molecule has 0 N–H and O–H groups in total. The lowest BCUT2D eigenvalue weighted by molar-refractivity contribution is 0.380. The van der Waals surface area contributed by atoms with E-state index in [9.17, 15) is 4.21 Å². The number of hydrogen-bond acceptors (Lipinski definition) is 2. The summed E-state index contributed by atoms with van der Waals surface area (Å²) in [6, 6.07) is 0. The topological polar surface area (TPSA) is 26.3 Å². The fourth-order valence-electron chi connectivity index (χ4n) is 1.02. The average Bonchev–Trinajstić information content (AvgIpc) is 2.18. The normalized spacial score (nSPS) is 35.2. The van der Waals surface area contributed by atoms with Crippen molar-refractivity contribution in [1.82, 2.24) is 0 Å². The molecule has 0 aromatic carbocycles. The standard InChI is InChI=1S/C6H12O2S/c1-2-3-6-4-5-8-9(6)7/h6H,2-5H2,1H3/t6-,9-/m0/s1. The van der Waals surface area contributed by atoms with Gasteiger partial charge >= 0.3 is 0 Å². The zero-order valence-electron chi connectivity index (χ0n) is 5.63. The lowest BCUT2D eigenvalue weighted by atomic mass is 10.2. The van der Waals surface area contributed by atoms with Gasteiger partial charge in [-0.25, -0.2) is 4.21 Å². The number of rotatable bonds is 2. The summed E-state index contributed by atoms with van der Waals surface area (Å²) in [5.74, 6) is 0. The molecule has 1 heterocycles. The molecule has 0 saturated carbocycles. The third-order valence-corrected chi connectivity index (χ3v) is 2.94. The van der Waals surface area contributed by atoms with Crippen molar-refractivity contribution in [2.24, 2.45) is 0 Å². The van der Waals surface area contributed by atoms with Crippen molar-refractivity contribution in [3.8, 4) is 0 Å². The minimum atomic E-state index is -0.961. The van der Waals surface area contributed by atoms with Crippen LogP contribution in [0.1, 0.15) is 26.2 Å². The van der Waals surface area contributed by atoms with Crippen molar-refractivity contribution in [3.63, 3.8) is 0 Å². The largest absolute Gasteiger partial charge is 0.290 e. The molecule has 2 atom stereocenters. The summed E-state index contributed by atoms with van der Waals surface area (Å²) in [6.07, 6.45) is 3.15. The van der Waals surface area contributed by atoms with Crippen LogP contribution in [0.25, 0.3) is 0 Å². The monoisotopic (exact) mass is 148 g/mol. The molecule has 1 aliphatic heterocycles. The predicted molar refractivity (Wildman–Crippen MR) is 37.4 cm³/mol. The van der Waals surface area contributed by atoms with E-state index in [0.717, 1.165) is 19.3 Å². The van der Waals surface area contributed by atoms with Crippen LogP contribution < -0.4 is 0 Å². The van der Waals surface area contributed by atoms with Crippen LogP contribution in [-0.4, -0.2) is 16.1 Å². The third kappa shape index (κ3) is 1.76. The first-order valence-electron chi connectivity index (χ1n) is 3.38. The molecule has 0 aromatic rings. The molecular formula is C6H12O2S. The fraction of sp³-hybridized carbons (Fsp3) is 1.00. The van der Waals surface area contributed by atoms with Crippen molar-refractivity contribution in [2.45, 2.75) is 31.4 Å². The summed E-state index contributed by atoms with van der Waals surface area (Å²) < 4.78 is 15.7. The maximum absolute atomic E-state index is 10.9. The molecule has 1 aliphatic rings. The summed E-state index contributed by atoms with van der Waals surface area (Å²) in [4.78, 5) is 0. The maximum Gasteiger partial charge on any atom is 0.158 e. The molecule has 0 spiro atoms. The summed E-state index contributed by atoms with van der Waals surface area (Å²) in [6.45, 7) is 2.80. The maximum atomic E-state index is 10.9. The number of hydrogen-bond donors (Lipinski definition) is 0. The molecule has 1 fully saturated rings. The summed E-state index contributed by atoms with van der Waals surface area (Å²) in [7, 11) is 0. The first-order valence-corrected chi connectivity index (χ1v) is 4.52. The van der Waals surface area contributed by atoms with Crippen LogP contribution in [0.5, 0.6) is 0 Å². The van der Waals surface area contributed by atoms with Crippen molar-refractivity contribution >= 4 is 11.1 Å². The van der Waals surface area contributed by atoms with Crippen LogP contribution in [0.2, 0.25) is 0 Å². The van der Waals surface area contributed by atoms with Gasteiger partial charge in [0.05, 0.1) is 11.9 Å². The molecular weight excluding hydrogens is 136 g/mol. The van der Waals surface area contributed by atoms with Crippen LogP contribution in [-0.2, 0) is 15.3 Å². The molecule has 0 unspecified atom stereocenters. The lowest BCUT2D eigenvalue weighted by Crippen LogP contribution is -2.06. The highest BCUT2D eigenvalue weighted by atomic mass is 32.2. The van der Waals surface area contributed by atoms with E-state index in [2.05, 4.69) is 6.92 Å². The van der Waals surface area contributed by atoms with E-state index in [1.165, 1.54) is 0 Å². The molecule has 0 amide bonds. The summed E-state index contributed by atoms with van der Waals surface area (Å²) in [5, 5.41) is 0.329. The van der Waals surface area contributed by atoms with Gasteiger partial charge in [0, 0.05) is 0 Å². The minimum Gasteiger partial charge on any atom is -0.290 e. The molecule has 9 heavy (non-hydrogen) atoms. The van der Waals surface area contributed by atoms with Crippen LogP contribution in [0.4, 0.5) is 0 Å². The molecule has 2 nitrogen and oxygen atoms in total. The first kappa shape index (κ1) is 7.22. The van der Waals surface area contributed by atoms with Crippen molar-refractivity contribution < 1.29 is 8.39 Å². The van der Waals surface area contributed by atoms with E-state index in [1.54, 1.807) is 0 Å². The molecule has 0 bridgehead atoms. The third-order valence-electron chi connectivity index (χ3n) is 1.52. The van der Waals surface area contributed by atoms with E-state index < -0.39 is 11.1 Å². The van der Waals surface area contributed by atoms with Crippen molar-refractivity contribution in [2.75, 3.05) is 6.61 Å². The molecule has 0 aliphatic carbocycles. The quantitative estimate of drug-likeness (QED) is 0.589. The van der Waals surface area contributed by atoms with Crippen LogP contribution in [0.15, 0.2) is 0 Å². The smallest absolute Gasteiger partial charge is 0.158 e. The highest BCUT2D eigenvalue weighted by Gasteiger charge is 2.22. The van der Waals surface area contributed by atoms with Gasteiger partial charge in [0.2, 0.25) is 0 Å². The Hall–Kier alpha value is 0.110. The molecule has 1 saturated heterocycles. The predicted octanol–water partition coefficient (Wildman–Crippen LogP) is 1.24. The van der Waals surface area contributed by atoms with Gasteiger partial charge < -0.3 is 0 Å². The van der Waals surface area contributed by atoms with Gasteiger partial charge in [-0.3, -0.25) is 4.18 Å². The second-order valence-corrected chi connectivity index (χ2v) is 3.71. The molecule has 3 heteroatoms. The Morgan fingerprint density at radius 1 is 1.78 bits per heavy atom. The molecule has 1 rings (SSSR count). The highest BCUT2D eigenvalue weighted by molar-refractivity contribution is 7.81. The van der Waals surface area contributed by atoms with Gasteiger partial charge in [0.15, 0.2) is 11.1 Å². The Balaban J connectivity index is 2.31. The molecule has 0 radical (unpaired) electrons. The van der Waals surface area contributed by atoms with Crippen LogP contribution >= 0.6 is 0 Å². The van der Waals surface area contributed by atoms with E-state index >= 15 is 0 Å². The molecule has 0 aromatic heterocycles. The van der Waals surface area contributed by atoms with E-state index in [4.69, 9.17) is 4.18 Å². The lowest BCUT2D eigenvalue weighted by Gasteiger charge is -2.00.